The van der Waals surface area contributed by atoms with Gasteiger partial charge >= 0.3 is 0 Å². The quantitative estimate of drug-likeness (QED) is 0.355. The van der Waals surface area contributed by atoms with Crippen molar-refractivity contribution in [1.29, 1.82) is 0 Å². The standard InChI is InChI=1S/C29H40ClN3O5S/c1-4-38-26-18-16-25(17-19-26)33(39(3,36)37)20-10-15-28(34)32(21-23-11-8-9-14-27(23)30)22(2)29(35)31-24-12-6-5-7-13-24/h8-9,11,14,16-19,22,24H,4-7,10,12-13,15,20-21H2,1-3H3,(H,31,35). The minimum Gasteiger partial charge on any atom is -0.494 e. The zero-order chi connectivity index (χ0) is 28.4. The number of sulfonamides is 1. The molecular weight excluding hydrogens is 538 g/mol. The molecule has 0 heterocycles. The van der Waals surface area contributed by atoms with Gasteiger partial charge in [0.05, 0.1) is 18.6 Å². The Balaban J connectivity index is 1.71. The smallest absolute Gasteiger partial charge is 0.242 e. The number of benzene rings is 2. The van der Waals surface area contributed by atoms with E-state index in [0.717, 1.165) is 37.5 Å². The van der Waals surface area contributed by atoms with E-state index >= 15 is 0 Å². The molecule has 8 nitrogen and oxygen atoms in total. The maximum Gasteiger partial charge on any atom is 0.242 e. The van der Waals surface area contributed by atoms with Crippen molar-refractivity contribution in [3.8, 4) is 5.75 Å². The molecule has 0 aliphatic heterocycles. The number of hydrogen-bond donors (Lipinski definition) is 1. The molecule has 0 saturated heterocycles. The first-order valence-corrected chi connectivity index (χ1v) is 15.9. The number of hydrogen-bond acceptors (Lipinski definition) is 5. The van der Waals surface area contributed by atoms with Crippen LogP contribution in [0, 0.1) is 0 Å². The van der Waals surface area contributed by atoms with E-state index in [-0.39, 0.29) is 43.8 Å². The van der Waals surface area contributed by atoms with Crippen molar-refractivity contribution < 1.29 is 22.7 Å². The highest BCUT2D eigenvalue weighted by atomic mass is 35.5. The first-order valence-electron chi connectivity index (χ1n) is 13.6. The van der Waals surface area contributed by atoms with Crippen LogP contribution in [0.25, 0.3) is 0 Å². The number of ether oxygens (including phenoxy) is 1. The van der Waals surface area contributed by atoms with Gasteiger partial charge in [0.15, 0.2) is 0 Å². The molecule has 214 valence electrons. The number of anilines is 1. The fraction of sp³-hybridized carbons (Fsp3) is 0.517. The molecule has 0 spiro atoms. The predicted octanol–water partition coefficient (Wildman–Crippen LogP) is 5.15. The SMILES string of the molecule is CCOc1ccc(N(CCCC(=O)N(Cc2ccccc2Cl)C(C)C(=O)NC2CCCCC2)S(C)(=O)=O)cc1. The van der Waals surface area contributed by atoms with Crippen LogP contribution in [0.1, 0.15) is 64.4 Å². The minimum atomic E-state index is -3.58. The minimum absolute atomic E-state index is 0.0779. The number of rotatable bonds is 13. The Morgan fingerprint density at radius 1 is 1.08 bits per heavy atom. The summed E-state index contributed by atoms with van der Waals surface area (Å²) in [5.74, 6) is 0.233. The lowest BCUT2D eigenvalue weighted by Crippen LogP contribution is -2.50. The van der Waals surface area contributed by atoms with Crippen LogP contribution in [0.4, 0.5) is 5.69 Å². The van der Waals surface area contributed by atoms with E-state index in [2.05, 4.69) is 5.32 Å². The molecular formula is C29H40ClN3O5S. The number of carbonyl (C=O) groups excluding carboxylic acids is 2. The van der Waals surface area contributed by atoms with E-state index in [4.69, 9.17) is 16.3 Å². The van der Waals surface area contributed by atoms with Crippen LogP contribution in [0.15, 0.2) is 48.5 Å². The number of amides is 2. The maximum absolute atomic E-state index is 13.5. The summed E-state index contributed by atoms with van der Waals surface area (Å²) >= 11 is 6.39. The van der Waals surface area contributed by atoms with Crippen molar-refractivity contribution in [2.45, 2.75) is 77.4 Å². The highest BCUT2D eigenvalue weighted by Crippen LogP contribution is 2.24. The van der Waals surface area contributed by atoms with Gasteiger partial charge in [-0.2, -0.15) is 0 Å². The van der Waals surface area contributed by atoms with Crippen molar-refractivity contribution in [3.05, 3.63) is 59.1 Å². The highest BCUT2D eigenvalue weighted by molar-refractivity contribution is 7.92. The first kappa shape index (κ1) is 30.8. The second-order valence-electron chi connectivity index (χ2n) is 10.00. The lowest BCUT2D eigenvalue weighted by Gasteiger charge is -2.31. The van der Waals surface area contributed by atoms with Crippen LogP contribution < -0.4 is 14.4 Å². The van der Waals surface area contributed by atoms with Crippen molar-refractivity contribution >= 4 is 39.1 Å². The van der Waals surface area contributed by atoms with E-state index in [1.165, 1.54) is 10.7 Å². The lowest BCUT2D eigenvalue weighted by atomic mass is 9.95. The van der Waals surface area contributed by atoms with E-state index in [0.29, 0.717) is 23.1 Å². The van der Waals surface area contributed by atoms with Crippen LogP contribution in [0.3, 0.4) is 0 Å². The van der Waals surface area contributed by atoms with Gasteiger partial charge in [0.2, 0.25) is 21.8 Å². The molecule has 1 aliphatic rings. The molecule has 0 aromatic heterocycles. The average Bonchev–Trinajstić information content (AvgIpc) is 2.91. The van der Waals surface area contributed by atoms with Crippen LogP contribution >= 0.6 is 11.6 Å². The summed E-state index contributed by atoms with van der Waals surface area (Å²) in [4.78, 5) is 28.2. The Labute approximate surface area is 237 Å². The summed E-state index contributed by atoms with van der Waals surface area (Å²) in [6.45, 7) is 4.44. The van der Waals surface area contributed by atoms with Crippen LogP contribution in [0.5, 0.6) is 5.75 Å². The molecule has 2 aromatic carbocycles. The maximum atomic E-state index is 13.5. The molecule has 0 bridgehead atoms. The summed E-state index contributed by atoms with van der Waals surface area (Å²) in [7, 11) is -3.58. The third-order valence-electron chi connectivity index (χ3n) is 7.01. The lowest BCUT2D eigenvalue weighted by molar-refractivity contribution is -0.141. The average molecular weight is 578 g/mol. The highest BCUT2D eigenvalue weighted by Gasteiger charge is 2.29. The van der Waals surface area contributed by atoms with Gasteiger partial charge in [-0.1, -0.05) is 49.1 Å². The first-order chi connectivity index (χ1) is 18.6. The normalized spacial score (nSPS) is 14.9. The number of nitrogens with one attached hydrogen (secondary N) is 1. The fourth-order valence-electron chi connectivity index (χ4n) is 4.84. The van der Waals surface area contributed by atoms with Crippen LogP contribution in [-0.2, 0) is 26.2 Å². The molecule has 1 N–H and O–H groups in total. The summed E-state index contributed by atoms with van der Waals surface area (Å²) in [6.07, 6.45) is 6.77. The van der Waals surface area contributed by atoms with Gasteiger partial charge in [0, 0.05) is 30.6 Å². The van der Waals surface area contributed by atoms with Crippen molar-refractivity contribution in [2.24, 2.45) is 0 Å². The summed E-state index contributed by atoms with van der Waals surface area (Å²) in [6, 6.07) is 13.5. The largest absolute Gasteiger partial charge is 0.494 e. The molecule has 1 atom stereocenters. The molecule has 2 aromatic rings. The summed E-state index contributed by atoms with van der Waals surface area (Å²) in [5.41, 5.74) is 1.25. The zero-order valence-corrected chi connectivity index (χ0v) is 24.6. The van der Waals surface area contributed by atoms with Gasteiger partial charge in [-0.3, -0.25) is 13.9 Å². The van der Waals surface area contributed by atoms with E-state index in [1.54, 1.807) is 42.2 Å². The molecule has 0 radical (unpaired) electrons. The van der Waals surface area contributed by atoms with Crippen molar-refractivity contribution in [2.75, 3.05) is 23.7 Å². The third kappa shape index (κ3) is 9.14. The Morgan fingerprint density at radius 2 is 1.74 bits per heavy atom. The molecule has 10 heteroatoms. The number of halogens is 1. The van der Waals surface area contributed by atoms with Crippen molar-refractivity contribution in [1.82, 2.24) is 10.2 Å². The third-order valence-corrected chi connectivity index (χ3v) is 8.57. The second kappa shape index (κ2) is 14.6. The second-order valence-corrected chi connectivity index (χ2v) is 12.3. The van der Waals surface area contributed by atoms with E-state index < -0.39 is 16.1 Å². The molecule has 1 saturated carbocycles. The van der Waals surface area contributed by atoms with Crippen LogP contribution in [0.2, 0.25) is 5.02 Å². The summed E-state index contributed by atoms with van der Waals surface area (Å²) in [5, 5.41) is 3.64. The molecule has 2 amide bonds. The molecule has 1 fully saturated rings. The molecule has 3 rings (SSSR count). The molecule has 1 aliphatic carbocycles. The van der Waals surface area contributed by atoms with Gasteiger partial charge < -0.3 is 15.0 Å². The van der Waals surface area contributed by atoms with Crippen molar-refractivity contribution in [3.63, 3.8) is 0 Å². The number of carbonyl (C=O) groups is 2. The predicted molar refractivity (Wildman–Crippen MR) is 156 cm³/mol. The zero-order valence-electron chi connectivity index (χ0n) is 23.1. The Kier molecular flexibility index (Phi) is 11.5. The monoisotopic (exact) mass is 577 g/mol. The van der Waals surface area contributed by atoms with Gasteiger partial charge in [0.1, 0.15) is 11.8 Å². The van der Waals surface area contributed by atoms with E-state index in [9.17, 15) is 18.0 Å². The summed E-state index contributed by atoms with van der Waals surface area (Å²) < 4.78 is 31.8. The fourth-order valence-corrected chi connectivity index (χ4v) is 6.00. The van der Waals surface area contributed by atoms with Gasteiger partial charge in [-0.25, -0.2) is 8.42 Å². The Bertz CT molecular complexity index is 1200. The van der Waals surface area contributed by atoms with E-state index in [1.807, 2.05) is 25.1 Å². The molecule has 39 heavy (non-hydrogen) atoms. The van der Waals surface area contributed by atoms with Crippen LogP contribution in [-0.4, -0.2) is 56.6 Å². The number of nitrogens with zero attached hydrogens (tertiary/aromatic N) is 2. The van der Waals surface area contributed by atoms with Gasteiger partial charge in [0.25, 0.3) is 0 Å². The van der Waals surface area contributed by atoms with Gasteiger partial charge in [-0.05, 0) is 69.0 Å². The Morgan fingerprint density at radius 3 is 2.36 bits per heavy atom. The molecule has 1 unspecified atom stereocenters. The Hall–Kier alpha value is -2.78. The van der Waals surface area contributed by atoms with Gasteiger partial charge in [-0.15, -0.1) is 0 Å². The topological polar surface area (TPSA) is 96.0 Å².